The van der Waals surface area contributed by atoms with E-state index in [1.54, 1.807) is 0 Å². The average molecular weight is 162 g/mol. The van der Waals surface area contributed by atoms with E-state index in [9.17, 15) is 9.59 Å². The zero-order valence-electron chi connectivity index (χ0n) is 5.97. The van der Waals surface area contributed by atoms with Gasteiger partial charge in [0, 0.05) is 0 Å². The standard InChI is InChI=1S/C6H10O5/c1-4(9)6(11,3-8)5(10)2-7/h2-5,9-11H,1H3/t4-,5-,6?/m0/s1. The largest absolute Gasteiger partial charge is 0.390 e. The van der Waals surface area contributed by atoms with Gasteiger partial charge in [-0.05, 0) is 6.92 Å². The molecule has 0 aromatic carbocycles. The van der Waals surface area contributed by atoms with E-state index >= 15 is 0 Å². The average Bonchev–Trinajstić information content (AvgIpc) is 2.01. The third-order valence-corrected chi connectivity index (χ3v) is 1.46. The maximum absolute atomic E-state index is 10.1. The maximum atomic E-state index is 10.1. The van der Waals surface area contributed by atoms with E-state index in [1.807, 2.05) is 0 Å². The topological polar surface area (TPSA) is 94.8 Å². The summed E-state index contributed by atoms with van der Waals surface area (Å²) in [5.41, 5.74) is -2.39. The molecule has 64 valence electrons. The van der Waals surface area contributed by atoms with Crippen molar-refractivity contribution in [3.8, 4) is 0 Å². The van der Waals surface area contributed by atoms with E-state index in [-0.39, 0.29) is 12.6 Å². The monoisotopic (exact) mass is 162 g/mol. The molecule has 0 aliphatic carbocycles. The first kappa shape index (κ1) is 10.2. The molecule has 0 amide bonds. The van der Waals surface area contributed by atoms with Crippen molar-refractivity contribution in [2.45, 2.75) is 24.7 Å². The van der Waals surface area contributed by atoms with E-state index in [0.29, 0.717) is 0 Å². The lowest BCUT2D eigenvalue weighted by molar-refractivity contribution is -0.160. The third kappa shape index (κ3) is 1.83. The highest BCUT2D eigenvalue weighted by molar-refractivity contribution is 5.73. The lowest BCUT2D eigenvalue weighted by Crippen LogP contribution is -2.53. The molecule has 0 rings (SSSR count). The summed E-state index contributed by atoms with van der Waals surface area (Å²) in [7, 11) is 0. The van der Waals surface area contributed by atoms with Crippen LogP contribution in [0.5, 0.6) is 0 Å². The molecule has 3 N–H and O–H groups in total. The van der Waals surface area contributed by atoms with Crippen LogP contribution in [-0.4, -0.2) is 45.7 Å². The molecular formula is C6H10O5. The SMILES string of the molecule is C[C@H](O)C(O)(C=O)[C@@H](O)C=O. The van der Waals surface area contributed by atoms with Gasteiger partial charge in [0.2, 0.25) is 0 Å². The smallest absolute Gasteiger partial charge is 0.178 e. The van der Waals surface area contributed by atoms with Gasteiger partial charge in [0.1, 0.15) is 6.10 Å². The Morgan fingerprint density at radius 2 is 1.82 bits per heavy atom. The van der Waals surface area contributed by atoms with Crippen molar-refractivity contribution in [1.82, 2.24) is 0 Å². The van der Waals surface area contributed by atoms with E-state index in [0.717, 1.165) is 6.92 Å². The van der Waals surface area contributed by atoms with Crippen LogP contribution in [0, 0.1) is 0 Å². The van der Waals surface area contributed by atoms with Crippen molar-refractivity contribution in [1.29, 1.82) is 0 Å². The van der Waals surface area contributed by atoms with Gasteiger partial charge in [-0.1, -0.05) is 0 Å². The van der Waals surface area contributed by atoms with Crippen LogP contribution < -0.4 is 0 Å². The Balaban J connectivity index is 4.57. The molecule has 3 atom stereocenters. The summed E-state index contributed by atoms with van der Waals surface area (Å²) in [6.07, 6.45) is -3.45. The fourth-order valence-electron chi connectivity index (χ4n) is 0.524. The van der Waals surface area contributed by atoms with Crippen molar-refractivity contribution in [3.63, 3.8) is 0 Å². The Labute approximate surface area is 63.3 Å². The summed E-state index contributed by atoms with van der Waals surface area (Å²) in [5, 5.41) is 26.6. The lowest BCUT2D eigenvalue weighted by atomic mass is 9.94. The molecule has 5 heteroatoms. The van der Waals surface area contributed by atoms with Crippen LogP contribution in [0.25, 0.3) is 0 Å². The minimum atomic E-state index is -2.39. The van der Waals surface area contributed by atoms with Gasteiger partial charge < -0.3 is 20.1 Å². The first-order chi connectivity index (χ1) is 4.99. The molecule has 11 heavy (non-hydrogen) atoms. The summed E-state index contributed by atoms with van der Waals surface area (Å²) < 4.78 is 0. The predicted molar refractivity (Wildman–Crippen MR) is 34.8 cm³/mol. The van der Waals surface area contributed by atoms with Gasteiger partial charge in [0.05, 0.1) is 6.10 Å². The molecule has 0 aromatic rings. The number of aliphatic hydroxyl groups is 3. The van der Waals surface area contributed by atoms with Gasteiger partial charge in [0.25, 0.3) is 0 Å². The second-order valence-corrected chi connectivity index (χ2v) is 2.26. The second kappa shape index (κ2) is 3.56. The van der Waals surface area contributed by atoms with Gasteiger partial charge in [-0.25, -0.2) is 0 Å². The summed E-state index contributed by atoms with van der Waals surface area (Å²) in [6.45, 7) is 1.10. The maximum Gasteiger partial charge on any atom is 0.178 e. The number of hydrogen-bond acceptors (Lipinski definition) is 5. The Morgan fingerprint density at radius 1 is 1.36 bits per heavy atom. The number of carbonyl (C=O) groups is 2. The normalized spacial score (nSPS) is 21.5. The van der Waals surface area contributed by atoms with Gasteiger partial charge in [-0.3, -0.25) is 4.79 Å². The lowest BCUT2D eigenvalue weighted by Gasteiger charge is -2.26. The Hall–Kier alpha value is -0.780. The Bertz CT molecular complexity index is 155. The molecule has 0 aromatic heterocycles. The van der Waals surface area contributed by atoms with Gasteiger partial charge in [0.15, 0.2) is 18.2 Å². The van der Waals surface area contributed by atoms with E-state index < -0.39 is 17.8 Å². The van der Waals surface area contributed by atoms with E-state index in [1.165, 1.54) is 0 Å². The van der Waals surface area contributed by atoms with Crippen molar-refractivity contribution < 1.29 is 24.9 Å². The molecule has 0 radical (unpaired) electrons. The molecule has 0 heterocycles. The van der Waals surface area contributed by atoms with Crippen LogP contribution in [-0.2, 0) is 9.59 Å². The number of hydrogen-bond donors (Lipinski definition) is 3. The molecule has 0 bridgehead atoms. The van der Waals surface area contributed by atoms with E-state index in [2.05, 4.69) is 0 Å². The van der Waals surface area contributed by atoms with Gasteiger partial charge in [-0.15, -0.1) is 0 Å². The second-order valence-electron chi connectivity index (χ2n) is 2.26. The summed E-state index contributed by atoms with van der Waals surface area (Å²) >= 11 is 0. The molecule has 5 nitrogen and oxygen atoms in total. The van der Waals surface area contributed by atoms with Crippen molar-refractivity contribution in [2.24, 2.45) is 0 Å². The van der Waals surface area contributed by atoms with Crippen LogP contribution in [0.4, 0.5) is 0 Å². The van der Waals surface area contributed by atoms with Crippen molar-refractivity contribution in [3.05, 3.63) is 0 Å². The molecule has 1 unspecified atom stereocenters. The van der Waals surface area contributed by atoms with Crippen molar-refractivity contribution >= 4 is 12.6 Å². The zero-order chi connectivity index (χ0) is 9.07. The summed E-state index contributed by atoms with van der Waals surface area (Å²) in [6, 6.07) is 0. The zero-order valence-corrected chi connectivity index (χ0v) is 5.97. The molecule has 0 saturated carbocycles. The first-order valence-electron chi connectivity index (χ1n) is 2.99. The highest BCUT2D eigenvalue weighted by Gasteiger charge is 2.40. The van der Waals surface area contributed by atoms with Crippen LogP contribution in [0.1, 0.15) is 6.92 Å². The van der Waals surface area contributed by atoms with Crippen LogP contribution >= 0.6 is 0 Å². The number of carbonyl (C=O) groups excluding carboxylic acids is 2. The Kier molecular flexibility index (Phi) is 3.31. The number of aldehydes is 2. The van der Waals surface area contributed by atoms with Gasteiger partial charge in [-0.2, -0.15) is 0 Å². The molecule has 0 aliphatic rings. The highest BCUT2D eigenvalue weighted by Crippen LogP contribution is 2.11. The highest BCUT2D eigenvalue weighted by atomic mass is 16.4. The molecule has 0 saturated heterocycles. The minimum Gasteiger partial charge on any atom is -0.390 e. The summed E-state index contributed by atoms with van der Waals surface area (Å²) in [4.78, 5) is 20.1. The molecule has 0 spiro atoms. The number of aliphatic hydroxyl groups excluding tert-OH is 2. The Morgan fingerprint density at radius 3 is 1.91 bits per heavy atom. The minimum absolute atomic E-state index is 0.0128. The first-order valence-corrected chi connectivity index (χ1v) is 2.99. The summed E-state index contributed by atoms with van der Waals surface area (Å²) in [5.74, 6) is 0. The third-order valence-electron chi connectivity index (χ3n) is 1.46. The van der Waals surface area contributed by atoms with Gasteiger partial charge >= 0.3 is 0 Å². The molecular weight excluding hydrogens is 152 g/mol. The fourth-order valence-corrected chi connectivity index (χ4v) is 0.524. The van der Waals surface area contributed by atoms with Crippen molar-refractivity contribution in [2.75, 3.05) is 0 Å². The van der Waals surface area contributed by atoms with E-state index in [4.69, 9.17) is 15.3 Å². The van der Waals surface area contributed by atoms with Crippen LogP contribution in [0.15, 0.2) is 0 Å². The predicted octanol–water partition coefficient (Wildman–Crippen LogP) is -2.14. The van der Waals surface area contributed by atoms with Crippen LogP contribution in [0.3, 0.4) is 0 Å². The molecule has 0 fully saturated rings. The number of rotatable bonds is 4. The fraction of sp³-hybridized carbons (Fsp3) is 0.667. The van der Waals surface area contributed by atoms with Crippen LogP contribution in [0.2, 0.25) is 0 Å². The quantitative estimate of drug-likeness (QED) is 0.410. The molecule has 0 aliphatic heterocycles.